The number of rotatable bonds is 4. The maximum atomic E-state index is 8.98. The number of ether oxygens (including phenoxy) is 2. The van der Waals surface area contributed by atoms with Crippen molar-refractivity contribution in [2.45, 2.75) is 39.4 Å². The molecule has 0 aromatic heterocycles. The Hall–Kier alpha value is -2.16. The van der Waals surface area contributed by atoms with Gasteiger partial charge in [-0.25, -0.2) is 9.98 Å². The minimum atomic E-state index is -0.497. The molecule has 0 bridgehead atoms. The predicted octanol–water partition coefficient (Wildman–Crippen LogP) is 4.47. The summed E-state index contributed by atoms with van der Waals surface area (Å²) in [6.45, 7) is 6.47. The third-order valence-corrected chi connectivity index (χ3v) is 3.98. The third-order valence-electron chi connectivity index (χ3n) is 3.68. The Balaban J connectivity index is 2.52. The van der Waals surface area contributed by atoms with E-state index < -0.39 is 6.10 Å². The molecule has 1 aromatic carbocycles. The molecule has 1 aliphatic rings. The van der Waals surface area contributed by atoms with Crippen molar-refractivity contribution in [2.75, 3.05) is 13.7 Å². The number of benzene rings is 1. The first-order chi connectivity index (χ1) is 12.0. The summed E-state index contributed by atoms with van der Waals surface area (Å²) >= 11 is 6.29. The summed E-state index contributed by atoms with van der Waals surface area (Å²) < 4.78 is 11.5. The van der Waals surface area contributed by atoms with Crippen LogP contribution in [0.4, 0.5) is 5.69 Å². The van der Waals surface area contributed by atoms with Crippen LogP contribution in [0.2, 0.25) is 5.02 Å². The lowest BCUT2D eigenvalue weighted by atomic mass is 10.0. The van der Waals surface area contributed by atoms with Crippen molar-refractivity contribution < 1.29 is 9.47 Å². The van der Waals surface area contributed by atoms with Gasteiger partial charge in [0.1, 0.15) is 0 Å². The van der Waals surface area contributed by atoms with Crippen molar-refractivity contribution >= 4 is 28.9 Å². The smallest absolute Gasteiger partial charge is 0.220 e. The molecule has 1 heterocycles. The van der Waals surface area contributed by atoms with Gasteiger partial charge in [0.25, 0.3) is 0 Å². The maximum absolute atomic E-state index is 8.98. The highest BCUT2D eigenvalue weighted by molar-refractivity contribution is 6.33. The van der Waals surface area contributed by atoms with Crippen LogP contribution >= 0.6 is 11.6 Å². The average Bonchev–Trinajstić information content (AvgIpc) is 2.74. The average molecular weight is 360 g/mol. The minimum Gasteiger partial charge on any atom is -0.476 e. The van der Waals surface area contributed by atoms with Gasteiger partial charge in [-0.15, -0.1) is 0 Å². The minimum absolute atomic E-state index is 0.0145. The molecule has 6 heteroatoms. The summed E-state index contributed by atoms with van der Waals surface area (Å²) in [5.74, 6) is 0.515. The van der Waals surface area contributed by atoms with Gasteiger partial charge in [-0.05, 0) is 44.0 Å². The lowest BCUT2D eigenvalue weighted by molar-refractivity contribution is 0.148. The quantitative estimate of drug-likeness (QED) is 0.796. The van der Waals surface area contributed by atoms with Crippen LogP contribution in [0, 0.1) is 11.3 Å². The molecule has 5 nitrogen and oxygen atoms in total. The molecule has 1 unspecified atom stereocenters. The topological polar surface area (TPSA) is 67.0 Å². The molecule has 0 spiro atoms. The van der Waals surface area contributed by atoms with Gasteiger partial charge in [-0.1, -0.05) is 24.6 Å². The Morgan fingerprint density at radius 3 is 2.76 bits per heavy atom. The van der Waals surface area contributed by atoms with Gasteiger partial charge in [0.15, 0.2) is 6.10 Å². The molecule has 0 N–H and O–H groups in total. The van der Waals surface area contributed by atoms with Crippen LogP contribution in [0.15, 0.2) is 39.8 Å². The normalized spacial score (nSPS) is 19.2. The van der Waals surface area contributed by atoms with Crippen molar-refractivity contribution in [3.63, 3.8) is 0 Å². The number of nitrogens with zero attached hydrogens (tertiary/aromatic N) is 3. The molecule has 2 rings (SSSR count). The lowest BCUT2D eigenvalue weighted by Crippen LogP contribution is -2.35. The van der Waals surface area contributed by atoms with E-state index in [2.05, 4.69) is 18.0 Å². The summed E-state index contributed by atoms with van der Waals surface area (Å²) in [6, 6.07) is 7.10. The van der Waals surface area contributed by atoms with E-state index in [1.165, 1.54) is 0 Å². The first-order valence-electron chi connectivity index (χ1n) is 8.21. The molecule has 25 heavy (non-hydrogen) atoms. The first kappa shape index (κ1) is 19.2. The van der Waals surface area contributed by atoms with Crippen LogP contribution in [0.5, 0.6) is 0 Å². The fourth-order valence-corrected chi connectivity index (χ4v) is 2.75. The third kappa shape index (κ3) is 4.68. The maximum Gasteiger partial charge on any atom is 0.220 e. The number of nitriles is 1. The van der Waals surface area contributed by atoms with Crippen molar-refractivity contribution in [1.29, 1.82) is 5.26 Å². The molecule has 0 saturated heterocycles. The summed E-state index contributed by atoms with van der Waals surface area (Å²) in [5, 5.41) is 9.41. The highest BCUT2D eigenvalue weighted by Crippen LogP contribution is 2.28. The fourth-order valence-electron chi connectivity index (χ4n) is 2.52. The van der Waals surface area contributed by atoms with Gasteiger partial charge in [0.05, 0.1) is 40.7 Å². The van der Waals surface area contributed by atoms with Crippen molar-refractivity contribution in [2.24, 2.45) is 9.98 Å². The zero-order valence-corrected chi connectivity index (χ0v) is 15.7. The largest absolute Gasteiger partial charge is 0.476 e. The second-order valence-corrected chi connectivity index (χ2v) is 6.23. The summed E-state index contributed by atoms with van der Waals surface area (Å²) in [6.07, 6.45) is 2.30. The molecule has 0 saturated carbocycles. The number of aliphatic imine (C=N–C) groups is 2. The SMILES string of the molecule is CCC1=CCN=C(OC(C)C)C(OC)C1=Nc1ccc(C#N)cc1Cl. The number of hydrogen-bond donors (Lipinski definition) is 0. The van der Waals surface area contributed by atoms with E-state index >= 15 is 0 Å². The van der Waals surface area contributed by atoms with Gasteiger partial charge in [-0.2, -0.15) is 5.26 Å². The first-order valence-corrected chi connectivity index (χ1v) is 8.59. The zero-order valence-electron chi connectivity index (χ0n) is 14.9. The standard InChI is InChI=1S/C19H22ClN3O2/c1-5-14-8-9-22-19(25-12(2)3)18(24-4)17(14)23-16-7-6-13(11-21)10-15(16)20/h6-8,10,12,18H,5,9H2,1-4H3. The van der Waals surface area contributed by atoms with Crippen LogP contribution in [0.25, 0.3) is 0 Å². The van der Waals surface area contributed by atoms with Gasteiger partial charge in [-0.3, -0.25) is 0 Å². The number of hydrogen-bond acceptors (Lipinski definition) is 5. The van der Waals surface area contributed by atoms with Crippen LogP contribution in [0.1, 0.15) is 32.8 Å². The van der Waals surface area contributed by atoms with E-state index in [0.29, 0.717) is 28.7 Å². The zero-order chi connectivity index (χ0) is 18.4. The van der Waals surface area contributed by atoms with E-state index in [1.807, 2.05) is 19.9 Å². The number of halogens is 1. The van der Waals surface area contributed by atoms with Crippen molar-refractivity contribution in [1.82, 2.24) is 0 Å². The highest BCUT2D eigenvalue weighted by Gasteiger charge is 2.28. The summed E-state index contributed by atoms with van der Waals surface area (Å²) in [4.78, 5) is 9.23. The highest BCUT2D eigenvalue weighted by atomic mass is 35.5. The molecule has 1 atom stereocenters. The second kappa shape index (κ2) is 8.80. The molecular formula is C19H22ClN3O2. The molecule has 0 aliphatic carbocycles. The van der Waals surface area contributed by atoms with Crippen molar-refractivity contribution in [3.8, 4) is 6.07 Å². The Morgan fingerprint density at radius 2 is 2.20 bits per heavy atom. The molecule has 1 aliphatic heterocycles. The second-order valence-electron chi connectivity index (χ2n) is 5.82. The van der Waals surface area contributed by atoms with E-state index in [4.69, 9.17) is 31.3 Å². The molecule has 132 valence electrons. The van der Waals surface area contributed by atoms with Gasteiger partial charge in [0, 0.05) is 7.11 Å². The Bertz CT molecular complexity index is 760. The Labute approximate surface area is 153 Å². The summed E-state index contributed by atoms with van der Waals surface area (Å²) in [5.41, 5.74) is 2.85. The lowest BCUT2D eigenvalue weighted by Gasteiger charge is -2.22. The Kier molecular flexibility index (Phi) is 6.74. The molecule has 1 aromatic rings. The number of methoxy groups -OCH3 is 1. The van der Waals surface area contributed by atoms with Gasteiger partial charge in [0.2, 0.25) is 5.90 Å². The summed E-state index contributed by atoms with van der Waals surface area (Å²) in [7, 11) is 1.61. The molecule has 0 amide bonds. The van der Waals surface area contributed by atoms with Crippen LogP contribution in [-0.4, -0.2) is 37.5 Å². The molecular weight excluding hydrogens is 338 g/mol. The van der Waals surface area contributed by atoms with E-state index in [1.54, 1.807) is 25.3 Å². The van der Waals surface area contributed by atoms with Crippen LogP contribution in [-0.2, 0) is 9.47 Å². The Morgan fingerprint density at radius 1 is 1.44 bits per heavy atom. The van der Waals surface area contributed by atoms with Crippen LogP contribution in [0.3, 0.4) is 0 Å². The van der Waals surface area contributed by atoms with E-state index in [0.717, 1.165) is 17.7 Å². The predicted molar refractivity (Wildman–Crippen MR) is 101 cm³/mol. The van der Waals surface area contributed by atoms with Crippen LogP contribution < -0.4 is 0 Å². The van der Waals surface area contributed by atoms with Gasteiger partial charge >= 0.3 is 0 Å². The fraction of sp³-hybridized carbons (Fsp3) is 0.421. The van der Waals surface area contributed by atoms with E-state index in [9.17, 15) is 0 Å². The van der Waals surface area contributed by atoms with E-state index in [-0.39, 0.29) is 6.10 Å². The van der Waals surface area contributed by atoms with Gasteiger partial charge < -0.3 is 9.47 Å². The monoisotopic (exact) mass is 359 g/mol. The molecule has 0 fully saturated rings. The molecule has 0 radical (unpaired) electrons. The van der Waals surface area contributed by atoms with Crippen molar-refractivity contribution in [3.05, 3.63) is 40.4 Å².